The Kier molecular flexibility index (Phi) is 5.56. The number of amides is 1. The van der Waals surface area contributed by atoms with Crippen molar-refractivity contribution < 1.29 is 14.3 Å². The van der Waals surface area contributed by atoms with Crippen molar-refractivity contribution in [2.45, 2.75) is 20.0 Å². The molecule has 0 bridgehead atoms. The van der Waals surface area contributed by atoms with Crippen LogP contribution in [0, 0.1) is 6.92 Å². The average Bonchev–Trinajstić information content (AvgIpc) is 2.63. The number of aryl methyl sites for hydroxylation is 1. The number of carbonyl (C=O) groups excluding carboxylic acids is 1. The van der Waals surface area contributed by atoms with E-state index in [1.54, 1.807) is 0 Å². The fourth-order valence-electron chi connectivity index (χ4n) is 2.85. The van der Waals surface area contributed by atoms with Gasteiger partial charge >= 0.3 is 0 Å². The molecule has 5 nitrogen and oxygen atoms in total. The van der Waals surface area contributed by atoms with Crippen LogP contribution in [0.1, 0.15) is 12.5 Å². The Labute approximate surface area is 148 Å². The number of nitrogens with zero attached hydrogens (tertiary/aromatic N) is 1. The summed E-state index contributed by atoms with van der Waals surface area (Å²) in [5.74, 6) is 1.52. The van der Waals surface area contributed by atoms with Crippen molar-refractivity contribution >= 4 is 11.6 Å². The first-order chi connectivity index (χ1) is 12.2. The topological polar surface area (TPSA) is 50.8 Å². The summed E-state index contributed by atoms with van der Waals surface area (Å²) in [6.07, 6.45) is -0.0823. The SMILES string of the molecule is CCN(CC(=O)Nc1ccccc1C)CC1COc2ccccc2O1. The molecule has 132 valence electrons. The quantitative estimate of drug-likeness (QED) is 0.878. The van der Waals surface area contributed by atoms with Gasteiger partial charge in [-0.1, -0.05) is 37.3 Å². The molecular weight excluding hydrogens is 316 g/mol. The van der Waals surface area contributed by atoms with E-state index in [-0.39, 0.29) is 12.0 Å². The molecule has 0 saturated heterocycles. The summed E-state index contributed by atoms with van der Waals surface area (Å²) in [5, 5.41) is 2.98. The largest absolute Gasteiger partial charge is 0.486 e. The van der Waals surface area contributed by atoms with Crippen LogP contribution < -0.4 is 14.8 Å². The zero-order valence-electron chi connectivity index (χ0n) is 14.7. The van der Waals surface area contributed by atoms with Crippen LogP contribution in [0.3, 0.4) is 0 Å². The van der Waals surface area contributed by atoms with Gasteiger partial charge in [0.05, 0.1) is 6.54 Å². The Morgan fingerprint density at radius 3 is 2.64 bits per heavy atom. The van der Waals surface area contributed by atoms with E-state index in [0.717, 1.165) is 29.3 Å². The lowest BCUT2D eigenvalue weighted by atomic mass is 10.2. The van der Waals surface area contributed by atoms with Crippen LogP contribution in [0.15, 0.2) is 48.5 Å². The second kappa shape index (κ2) is 8.03. The van der Waals surface area contributed by atoms with Gasteiger partial charge < -0.3 is 14.8 Å². The first-order valence-corrected chi connectivity index (χ1v) is 8.62. The molecule has 0 saturated carbocycles. The molecule has 0 radical (unpaired) electrons. The summed E-state index contributed by atoms with van der Waals surface area (Å²) in [6.45, 7) is 6.25. The molecule has 1 heterocycles. The third-order valence-electron chi connectivity index (χ3n) is 4.26. The number of nitrogens with one attached hydrogen (secondary N) is 1. The summed E-state index contributed by atoms with van der Waals surface area (Å²) < 4.78 is 11.7. The van der Waals surface area contributed by atoms with E-state index < -0.39 is 0 Å². The smallest absolute Gasteiger partial charge is 0.238 e. The van der Waals surface area contributed by atoms with E-state index in [4.69, 9.17) is 9.47 Å². The third-order valence-corrected chi connectivity index (χ3v) is 4.26. The maximum atomic E-state index is 12.3. The first kappa shape index (κ1) is 17.3. The van der Waals surface area contributed by atoms with Crippen LogP contribution in [0.2, 0.25) is 0 Å². The van der Waals surface area contributed by atoms with E-state index in [2.05, 4.69) is 10.2 Å². The molecule has 2 aromatic rings. The highest BCUT2D eigenvalue weighted by molar-refractivity contribution is 5.92. The number of carbonyl (C=O) groups is 1. The van der Waals surface area contributed by atoms with Gasteiger partial charge in [-0.15, -0.1) is 0 Å². The van der Waals surface area contributed by atoms with Crippen molar-refractivity contribution in [3.05, 3.63) is 54.1 Å². The van der Waals surface area contributed by atoms with Crippen molar-refractivity contribution in [3.8, 4) is 11.5 Å². The molecule has 5 heteroatoms. The Bertz CT molecular complexity index is 732. The Morgan fingerprint density at radius 1 is 1.16 bits per heavy atom. The molecule has 1 aliphatic heterocycles. The van der Waals surface area contributed by atoms with E-state index in [0.29, 0.717) is 19.7 Å². The zero-order chi connectivity index (χ0) is 17.6. The van der Waals surface area contributed by atoms with Crippen LogP contribution in [-0.2, 0) is 4.79 Å². The van der Waals surface area contributed by atoms with Gasteiger partial charge in [-0.2, -0.15) is 0 Å². The predicted molar refractivity (Wildman–Crippen MR) is 98.3 cm³/mol. The molecule has 0 aliphatic carbocycles. The van der Waals surface area contributed by atoms with Crippen molar-refractivity contribution in [1.29, 1.82) is 0 Å². The fourth-order valence-corrected chi connectivity index (χ4v) is 2.85. The normalized spacial score (nSPS) is 15.9. The van der Waals surface area contributed by atoms with Crippen LogP contribution in [-0.4, -0.2) is 43.2 Å². The van der Waals surface area contributed by atoms with E-state index >= 15 is 0 Å². The molecule has 1 aliphatic rings. The van der Waals surface area contributed by atoms with Gasteiger partial charge in [-0.05, 0) is 37.2 Å². The lowest BCUT2D eigenvalue weighted by Gasteiger charge is -2.30. The molecule has 0 spiro atoms. The molecule has 0 fully saturated rings. The van der Waals surface area contributed by atoms with E-state index in [1.165, 1.54) is 0 Å². The van der Waals surface area contributed by atoms with E-state index in [9.17, 15) is 4.79 Å². The lowest BCUT2D eigenvalue weighted by Crippen LogP contribution is -2.43. The van der Waals surface area contributed by atoms with Crippen molar-refractivity contribution in [1.82, 2.24) is 4.90 Å². The van der Waals surface area contributed by atoms with Crippen molar-refractivity contribution in [3.63, 3.8) is 0 Å². The highest BCUT2D eigenvalue weighted by Crippen LogP contribution is 2.31. The third kappa shape index (κ3) is 4.51. The monoisotopic (exact) mass is 340 g/mol. The Balaban J connectivity index is 1.54. The molecule has 3 rings (SSSR count). The van der Waals surface area contributed by atoms with Gasteiger partial charge in [0.15, 0.2) is 11.5 Å². The molecule has 2 aromatic carbocycles. The maximum Gasteiger partial charge on any atom is 0.238 e. The minimum Gasteiger partial charge on any atom is -0.486 e. The Morgan fingerprint density at radius 2 is 1.88 bits per heavy atom. The van der Waals surface area contributed by atoms with Gasteiger partial charge in [-0.3, -0.25) is 9.69 Å². The first-order valence-electron chi connectivity index (χ1n) is 8.62. The fraction of sp³-hybridized carbons (Fsp3) is 0.350. The van der Waals surface area contributed by atoms with E-state index in [1.807, 2.05) is 62.4 Å². The van der Waals surface area contributed by atoms with Crippen LogP contribution in [0.5, 0.6) is 11.5 Å². The van der Waals surface area contributed by atoms with Gasteiger partial charge in [0.1, 0.15) is 12.7 Å². The van der Waals surface area contributed by atoms with Gasteiger partial charge in [0.25, 0.3) is 0 Å². The second-order valence-electron chi connectivity index (χ2n) is 6.19. The Hall–Kier alpha value is -2.53. The number of benzene rings is 2. The average molecular weight is 340 g/mol. The second-order valence-corrected chi connectivity index (χ2v) is 6.19. The standard InChI is InChI=1S/C20H24N2O3/c1-3-22(13-20(23)21-17-9-5-4-8-15(17)2)12-16-14-24-18-10-6-7-11-19(18)25-16/h4-11,16H,3,12-14H2,1-2H3,(H,21,23). The van der Waals surface area contributed by atoms with Crippen molar-refractivity contribution in [2.24, 2.45) is 0 Å². The highest BCUT2D eigenvalue weighted by Gasteiger charge is 2.23. The summed E-state index contributed by atoms with van der Waals surface area (Å²) in [6, 6.07) is 15.4. The summed E-state index contributed by atoms with van der Waals surface area (Å²) in [5.41, 5.74) is 1.91. The molecule has 1 atom stereocenters. The summed E-state index contributed by atoms with van der Waals surface area (Å²) >= 11 is 0. The molecule has 25 heavy (non-hydrogen) atoms. The summed E-state index contributed by atoms with van der Waals surface area (Å²) in [7, 11) is 0. The van der Waals surface area contributed by atoms with Gasteiger partial charge in [-0.25, -0.2) is 0 Å². The summed E-state index contributed by atoms with van der Waals surface area (Å²) in [4.78, 5) is 14.4. The highest BCUT2D eigenvalue weighted by atomic mass is 16.6. The zero-order valence-corrected chi connectivity index (χ0v) is 14.7. The molecule has 1 N–H and O–H groups in total. The molecule has 0 aromatic heterocycles. The van der Waals surface area contributed by atoms with Crippen molar-refractivity contribution in [2.75, 3.05) is 31.6 Å². The lowest BCUT2D eigenvalue weighted by molar-refractivity contribution is -0.117. The minimum atomic E-state index is -0.0823. The number of para-hydroxylation sites is 3. The number of rotatable bonds is 6. The number of hydrogen-bond acceptors (Lipinski definition) is 4. The van der Waals surface area contributed by atoms with Crippen LogP contribution >= 0.6 is 0 Å². The van der Waals surface area contributed by atoms with Gasteiger partial charge in [0, 0.05) is 12.2 Å². The number of ether oxygens (including phenoxy) is 2. The number of fused-ring (bicyclic) bond motifs is 1. The molecule has 1 unspecified atom stereocenters. The number of hydrogen-bond donors (Lipinski definition) is 1. The van der Waals surface area contributed by atoms with Crippen LogP contribution in [0.25, 0.3) is 0 Å². The maximum absolute atomic E-state index is 12.3. The van der Waals surface area contributed by atoms with Gasteiger partial charge in [0.2, 0.25) is 5.91 Å². The predicted octanol–water partition coefficient (Wildman–Crippen LogP) is 3.10. The minimum absolute atomic E-state index is 0.0201. The number of likely N-dealkylation sites (N-methyl/N-ethyl adjacent to an activating group) is 1. The molecule has 1 amide bonds. The molecular formula is C20H24N2O3. The van der Waals surface area contributed by atoms with Crippen LogP contribution in [0.4, 0.5) is 5.69 Å². The number of anilines is 1.